The number of thiophene rings is 1. The number of carbonyl (C=O) groups is 1. The van der Waals surface area contributed by atoms with Gasteiger partial charge in [-0.25, -0.2) is 15.0 Å². The van der Waals surface area contributed by atoms with E-state index in [-0.39, 0.29) is 23.9 Å². The molecular weight excluding hydrogens is 494 g/mol. The van der Waals surface area contributed by atoms with Crippen LogP contribution in [0.15, 0.2) is 18.5 Å². The SMILES string of the molecule is COc1ncc(C2CN(c3ncc4sc(CN5CCC(C(=O)N(C)C)CC5)cc4n3)CCO2)c(OC)n1. The van der Waals surface area contributed by atoms with Gasteiger partial charge in [-0.3, -0.25) is 9.69 Å². The number of hydrogen-bond acceptors (Lipinski definition) is 11. The highest BCUT2D eigenvalue weighted by Crippen LogP contribution is 2.32. The number of piperidine rings is 1. The minimum atomic E-state index is -0.269. The summed E-state index contributed by atoms with van der Waals surface area (Å²) in [6, 6.07) is 2.42. The highest BCUT2D eigenvalue weighted by atomic mass is 32.1. The summed E-state index contributed by atoms with van der Waals surface area (Å²) in [5.41, 5.74) is 1.72. The van der Waals surface area contributed by atoms with Gasteiger partial charge < -0.3 is 24.0 Å². The first-order valence-electron chi connectivity index (χ1n) is 12.5. The van der Waals surface area contributed by atoms with Gasteiger partial charge in [0, 0.05) is 44.2 Å². The van der Waals surface area contributed by atoms with E-state index in [2.05, 4.69) is 30.8 Å². The molecule has 0 aromatic carbocycles. The topological polar surface area (TPSA) is 106 Å². The van der Waals surface area contributed by atoms with E-state index in [4.69, 9.17) is 19.2 Å². The molecule has 3 aromatic heterocycles. The van der Waals surface area contributed by atoms with Gasteiger partial charge in [0.15, 0.2) is 0 Å². The Morgan fingerprint density at radius 3 is 2.68 bits per heavy atom. The molecule has 198 valence electrons. The maximum absolute atomic E-state index is 12.3. The molecular formula is C25H33N7O4S. The lowest BCUT2D eigenvalue weighted by Gasteiger charge is -2.33. The van der Waals surface area contributed by atoms with E-state index in [1.165, 1.54) is 12.0 Å². The molecule has 2 fully saturated rings. The molecule has 5 heterocycles. The number of fused-ring (bicyclic) bond motifs is 1. The maximum Gasteiger partial charge on any atom is 0.319 e. The Hall–Kier alpha value is -3.09. The Morgan fingerprint density at radius 1 is 1.14 bits per heavy atom. The van der Waals surface area contributed by atoms with Crippen LogP contribution in [0, 0.1) is 5.92 Å². The van der Waals surface area contributed by atoms with Crippen molar-refractivity contribution in [2.45, 2.75) is 25.5 Å². The lowest BCUT2D eigenvalue weighted by molar-refractivity contribution is -0.134. The van der Waals surface area contributed by atoms with Crippen LogP contribution in [0.2, 0.25) is 0 Å². The summed E-state index contributed by atoms with van der Waals surface area (Å²) in [6.07, 6.45) is 5.15. The van der Waals surface area contributed by atoms with E-state index >= 15 is 0 Å². The summed E-state index contributed by atoms with van der Waals surface area (Å²) >= 11 is 1.73. The van der Waals surface area contributed by atoms with E-state index in [9.17, 15) is 4.79 Å². The number of carbonyl (C=O) groups excluding carboxylic acids is 1. The third-order valence-corrected chi connectivity index (χ3v) is 7.94. The van der Waals surface area contributed by atoms with Crippen LogP contribution in [-0.2, 0) is 16.1 Å². The molecule has 0 N–H and O–H groups in total. The highest BCUT2D eigenvalue weighted by Gasteiger charge is 2.29. The molecule has 0 saturated carbocycles. The van der Waals surface area contributed by atoms with Crippen LogP contribution < -0.4 is 14.4 Å². The zero-order valence-electron chi connectivity index (χ0n) is 21.7. The fraction of sp³-hybridized carbons (Fsp3) is 0.560. The lowest BCUT2D eigenvalue weighted by atomic mass is 9.95. The van der Waals surface area contributed by atoms with Gasteiger partial charge in [-0.05, 0) is 32.0 Å². The summed E-state index contributed by atoms with van der Waals surface area (Å²) in [4.78, 5) is 37.9. The van der Waals surface area contributed by atoms with Crippen molar-refractivity contribution in [2.24, 2.45) is 5.92 Å². The largest absolute Gasteiger partial charge is 0.481 e. The predicted molar refractivity (Wildman–Crippen MR) is 140 cm³/mol. The molecule has 0 bridgehead atoms. The maximum atomic E-state index is 12.3. The second-order valence-electron chi connectivity index (χ2n) is 9.54. The van der Waals surface area contributed by atoms with Gasteiger partial charge in [0.1, 0.15) is 6.10 Å². The molecule has 5 rings (SSSR count). The zero-order valence-corrected chi connectivity index (χ0v) is 22.5. The Bertz CT molecular complexity index is 1250. The van der Waals surface area contributed by atoms with E-state index < -0.39 is 0 Å². The fourth-order valence-corrected chi connectivity index (χ4v) is 5.91. The molecule has 37 heavy (non-hydrogen) atoms. The van der Waals surface area contributed by atoms with Gasteiger partial charge in [-0.1, -0.05) is 0 Å². The van der Waals surface area contributed by atoms with Crippen molar-refractivity contribution in [3.63, 3.8) is 0 Å². The summed E-state index contributed by atoms with van der Waals surface area (Å²) in [6.45, 7) is 4.53. The fourth-order valence-electron chi connectivity index (χ4n) is 4.90. The normalized spacial score (nSPS) is 19.2. The third-order valence-electron chi connectivity index (χ3n) is 6.90. The second-order valence-corrected chi connectivity index (χ2v) is 10.7. The number of rotatable bonds is 7. The van der Waals surface area contributed by atoms with Crippen molar-refractivity contribution in [3.05, 3.63) is 28.9 Å². The van der Waals surface area contributed by atoms with Crippen molar-refractivity contribution in [2.75, 3.05) is 66.0 Å². The number of amides is 1. The first-order chi connectivity index (χ1) is 17.9. The van der Waals surface area contributed by atoms with E-state index in [0.717, 1.165) is 48.3 Å². The summed E-state index contributed by atoms with van der Waals surface area (Å²) < 4.78 is 17.7. The monoisotopic (exact) mass is 527 g/mol. The summed E-state index contributed by atoms with van der Waals surface area (Å²) in [5, 5.41) is 0. The second kappa shape index (κ2) is 11.1. The number of ether oxygens (including phenoxy) is 3. The molecule has 1 amide bonds. The molecule has 2 saturated heterocycles. The highest BCUT2D eigenvalue weighted by molar-refractivity contribution is 7.18. The van der Waals surface area contributed by atoms with Crippen molar-refractivity contribution < 1.29 is 19.0 Å². The van der Waals surface area contributed by atoms with Crippen LogP contribution in [0.5, 0.6) is 11.9 Å². The zero-order chi connectivity index (χ0) is 25.9. The van der Waals surface area contributed by atoms with Crippen molar-refractivity contribution in [1.82, 2.24) is 29.7 Å². The first kappa shape index (κ1) is 25.6. The molecule has 11 nitrogen and oxygen atoms in total. The molecule has 0 spiro atoms. The average molecular weight is 528 g/mol. The molecule has 1 unspecified atom stereocenters. The Morgan fingerprint density at radius 2 is 1.95 bits per heavy atom. The predicted octanol–water partition coefficient (Wildman–Crippen LogP) is 2.38. The van der Waals surface area contributed by atoms with Crippen LogP contribution in [0.4, 0.5) is 5.95 Å². The van der Waals surface area contributed by atoms with Crippen molar-refractivity contribution in [3.8, 4) is 11.9 Å². The van der Waals surface area contributed by atoms with Gasteiger partial charge in [0.2, 0.25) is 17.7 Å². The van der Waals surface area contributed by atoms with Crippen LogP contribution in [0.25, 0.3) is 10.2 Å². The standard InChI is InChI=1S/C25H33N7O4S/c1-30(2)23(33)16-5-7-31(8-6-16)14-17-11-19-21(37-17)13-26-24(28-19)32-9-10-36-20(15-32)18-12-27-25(35-4)29-22(18)34-3/h11-13,16,20H,5-10,14-15H2,1-4H3. The minimum Gasteiger partial charge on any atom is -0.481 e. The summed E-state index contributed by atoms with van der Waals surface area (Å²) in [7, 11) is 6.76. The van der Waals surface area contributed by atoms with E-state index in [1.54, 1.807) is 29.5 Å². The molecule has 3 aromatic rings. The molecule has 2 aliphatic rings. The van der Waals surface area contributed by atoms with Gasteiger partial charge in [0.05, 0.1) is 49.3 Å². The van der Waals surface area contributed by atoms with Gasteiger partial charge in [0.25, 0.3) is 0 Å². The number of nitrogens with zero attached hydrogens (tertiary/aromatic N) is 7. The Kier molecular flexibility index (Phi) is 7.68. The van der Waals surface area contributed by atoms with Crippen LogP contribution in [-0.4, -0.2) is 96.7 Å². The Labute approximate surface area is 220 Å². The number of anilines is 1. The molecule has 2 aliphatic heterocycles. The molecule has 1 atom stereocenters. The van der Waals surface area contributed by atoms with Crippen molar-refractivity contribution >= 4 is 33.4 Å². The molecule has 0 aliphatic carbocycles. The quantitative estimate of drug-likeness (QED) is 0.455. The van der Waals surface area contributed by atoms with Crippen LogP contribution >= 0.6 is 11.3 Å². The van der Waals surface area contributed by atoms with E-state index in [0.29, 0.717) is 31.5 Å². The van der Waals surface area contributed by atoms with Crippen LogP contribution in [0.3, 0.4) is 0 Å². The number of likely N-dealkylation sites (tertiary alicyclic amines) is 1. The Balaban J connectivity index is 1.25. The number of hydrogen-bond donors (Lipinski definition) is 0. The smallest absolute Gasteiger partial charge is 0.319 e. The van der Waals surface area contributed by atoms with E-state index in [1.807, 2.05) is 20.3 Å². The number of aromatic nitrogens is 4. The van der Waals surface area contributed by atoms with Gasteiger partial charge in [-0.15, -0.1) is 11.3 Å². The minimum absolute atomic E-state index is 0.142. The number of methoxy groups -OCH3 is 2. The molecule has 12 heteroatoms. The van der Waals surface area contributed by atoms with Crippen LogP contribution in [0.1, 0.15) is 29.4 Å². The average Bonchev–Trinajstić information content (AvgIpc) is 3.34. The number of morpholine rings is 1. The molecule has 0 radical (unpaired) electrons. The third kappa shape index (κ3) is 5.60. The van der Waals surface area contributed by atoms with Crippen molar-refractivity contribution in [1.29, 1.82) is 0 Å². The first-order valence-corrected chi connectivity index (χ1v) is 13.3. The van der Waals surface area contributed by atoms with Gasteiger partial charge in [-0.2, -0.15) is 4.98 Å². The lowest BCUT2D eigenvalue weighted by Crippen LogP contribution is -2.39. The van der Waals surface area contributed by atoms with Gasteiger partial charge >= 0.3 is 6.01 Å². The summed E-state index contributed by atoms with van der Waals surface area (Å²) in [5.74, 6) is 1.51.